The van der Waals surface area contributed by atoms with E-state index in [4.69, 9.17) is 11.6 Å². The van der Waals surface area contributed by atoms with Crippen LogP contribution in [0.5, 0.6) is 0 Å². The molecule has 1 atom stereocenters. The third-order valence-electron chi connectivity index (χ3n) is 5.72. The number of halogens is 1. The smallest absolute Gasteiger partial charge is 0.258 e. The highest BCUT2D eigenvalue weighted by molar-refractivity contribution is 6.33. The lowest BCUT2D eigenvalue weighted by molar-refractivity contribution is -0.123. The molecule has 0 radical (unpaired) electrons. The minimum Gasteiger partial charge on any atom is -0.342 e. The molecule has 3 heterocycles. The molecule has 0 bridgehead atoms. The van der Waals surface area contributed by atoms with Crippen LogP contribution in [0.2, 0.25) is 5.02 Å². The number of fused-ring (bicyclic) bond motifs is 1. The van der Waals surface area contributed by atoms with Gasteiger partial charge in [0.05, 0.1) is 22.2 Å². The normalized spacial score (nSPS) is 19.2. The van der Waals surface area contributed by atoms with E-state index in [0.717, 1.165) is 31.5 Å². The highest BCUT2D eigenvalue weighted by Crippen LogP contribution is 2.32. The van der Waals surface area contributed by atoms with Crippen LogP contribution in [0.3, 0.4) is 0 Å². The van der Waals surface area contributed by atoms with Crippen molar-refractivity contribution < 1.29 is 9.59 Å². The fourth-order valence-corrected chi connectivity index (χ4v) is 4.18. The molecule has 8 nitrogen and oxygen atoms in total. The lowest BCUT2D eigenvalue weighted by Crippen LogP contribution is -2.39. The van der Waals surface area contributed by atoms with Crippen LogP contribution in [0, 0.1) is 12.8 Å². The first-order valence-corrected chi connectivity index (χ1v) is 10.5. The van der Waals surface area contributed by atoms with Crippen LogP contribution < -0.4 is 21.1 Å². The van der Waals surface area contributed by atoms with Gasteiger partial charge in [-0.1, -0.05) is 24.6 Å². The van der Waals surface area contributed by atoms with E-state index in [1.165, 1.54) is 0 Å². The molecule has 2 aromatic rings. The van der Waals surface area contributed by atoms with Crippen molar-refractivity contribution in [1.29, 1.82) is 0 Å². The van der Waals surface area contributed by atoms with Crippen molar-refractivity contribution in [3.8, 4) is 0 Å². The van der Waals surface area contributed by atoms with Gasteiger partial charge in [0.15, 0.2) is 0 Å². The molecule has 3 N–H and O–H groups in total. The average Bonchev–Trinajstić information content (AvgIpc) is 2.69. The molecule has 2 aliphatic heterocycles. The number of aromatic amines is 1. The lowest BCUT2D eigenvalue weighted by atomic mass is 9.92. The van der Waals surface area contributed by atoms with Crippen molar-refractivity contribution in [2.45, 2.75) is 39.0 Å². The van der Waals surface area contributed by atoms with E-state index in [9.17, 15) is 14.4 Å². The number of benzene rings is 1. The van der Waals surface area contributed by atoms with Crippen LogP contribution in [-0.2, 0) is 9.59 Å². The van der Waals surface area contributed by atoms with Gasteiger partial charge in [-0.3, -0.25) is 19.4 Å². The third-order valence-corrected chi connectivity index (χ3v) is 6.03. The van der Waals surface area contributed by atoms with E-state index in [1.54, 1.807) is 12.1 Å². The summed E-state index contributed by atoms with van der Waals surface area (Å²) in [5, 5.41) is 5.78. The number of nitrogens with one attached hydrogen (secondary N) is 3. The second-order valence-electron chi connectivity index (χ2n) is 8.10. The van der Waals surface area contributed by atoms with Crippen molar-refractivity contribution in [3.63, 3.8) is 0 Å². The standard InChI is InChI=1S/C21H24ClN5O3/c1-11-5-7-27(8-6-11)21-25-18-17(20(30)26-21)13(10-16(28)24-18)19(29)23-15-4-3-12(2)9-14(15)22/h3-4,9,11,13H,5-8,10H2,1-2H3,(H,23,29)(H2,24,25,26,28,30)/t13-/m1/s1. The molecule has 1 aromatic carbocycles. The summed E-state index contributed by atoms with van der Waals surface area (Å²) in [6, 6.07) is 5.25. The third kappa shape index (κ3) is 4.05. The number of H-pyrrole nitrogens is 1. The molecule has 2 aliphatic rings. The molecule has 0 saturated carbocycles. The molecule has 1 aromatic heterocycles. The SMILES string of the molecule is Cc1ccc(NC(=O)[C@@H]2CC(=O)Nc3nc(N4CCC(C)CC4)[nH]c(=O)c32)c(Cl)c1. The fourth-order valence-electron chi connectivity index (χ4n) is 3.89. The highest BCUT2D eigenvalue weighted by atomic mass is 35.5. The summed E-state index contributed by atoms with van der Waals surface area (Å²) in [7, 11) is 0. The first-order chi connectivity index (χ1) is 14.3. The largest absolute Gasteiger partial charge is 0.342 e. The number of piperidine rings is 1. The van der Waals surface area contributed by atoms with Gasteiger partial charge in [-0.2, -0.15) is 4.98 Å². The summed E-state index contributed by atoms with van der Waals surface area (Å²) in [4.78, 5) is 47.4. The summed E-state index contributed by atoms with van der Waals surface area (Å²) in [6.45, 7) is 5.66. The zero-order chi connectivity index (χ0) is 21.4. The monoisotopic (exact) mass is 429 g/mol. The Kier molecular flexibility index (Phi) is 5.51. The van der Waals surface area contributed by atoms with Gasteiger partial charge < -0.3 is 15.5 Å². The first kappa shape index (κ1) is 20.4. The van der Waals surface area contributed by atoms with Gasteiger partial charge in [0.1, 0.15) is 5.82 Å². The van der Waals surface area contributed by atoms with Gasteiger partial charge in [0.2, 0.25) is 17.8 Å². The topological polar surface area (TPSA) is 107 Å². The molecule has 1 fully saturated rings. The minimum absolute atomic E-state index is 0.131. The second kappa shape index (κ2) is 8.10. The van der Waals surface area contributed by atoms with E-state index in [2.05, 4.69) is 27.5 Å². The number of hydrogen-bond acceptors (Lipinski definition) is 5. The maximum Gasteiger partial charge on any atom is 0.258 e. The molecule has 0 unspecified atom stereocenters. The molecule has 2 amide bonds. The number of nitrogens with zero attached hydrogens (tertiary/aromatic N) is 2. The molecule has 158 valence electrons. The van der Waals surface area contributed by atoms with Gasteiger partial charge >= 0.3 is 0 Å². The number of aryl methyl sites for hydroxylation is 1. The van der Waals surface area contributed by atoms with E-state index >= 15 is 0 Å². The average molecular weight is 430 g/mol. The Hall–Kier alpha value is -2.87. The zero-order valence-corrected chi connectivity index (χ0v) is 17.7. The van der Waals surface area contributed by atoms with Crippen LogP contribution in [0.4, 0.5) is 17.5 Å². The number of hydrogen-bond donors (Lipinski definition) is 3. The summed E-state index contributed by atoms with van der Waals surface area (Å²) >= 11 is 6.21. The Morgan fingerprint density at radius 1 is 1.27 bits per heavy atom. The maximum absolute atomic E-state index is 12.9. The van der Waals surface area contributed by atoms with E-state index in [-0.39, 0.29) is 23.7 Å². The van der Waals surface area contributed by atoms with Gasteiger partial charge in [-0.05, 0) is 43.4 Å². The summed E-state index contributed by atoms with van der Waals surface area (Å²) in [6.07, 6.45) is 1.89. The van der Waals surface area contributed by atoms with Crippen LogP contribution >= 0.6 is 11.6 Å². The fraction of sp³-hybridized carbons (Fsp3) is 0.429. The number of anilines is 3. The molecule has 30 heavy (non-hydrogen) atoms. The highest BCUT2D eigenvalue weighted by Gasteiger charge is 2.35. The van der Waals surface area contributed by atoms with Gasteiger partial charge in [0.25, 0.3) is 5.56 Å². The van der Waals surface area contributed by atoms with Crippen LogP contribution in [0.15, 0.2) is 23.0 Å². The van der Waals surface area contributed by atoms with Gasteiger partial charge in [0, 0.05) is 19.5 Å². The number of carbonyl (C=O) groups excluding carboxylic acids is 2. The maximum atomic E-state index is 12.9. The minimum atomic E-state index is -0.946. The van der Waals surface area contributed by atoms with E-state index in [0.29, 0.717) is 22.6 Å². The molecule has 0 spiro atoms. The number of rotatable bonds is 3. The Morgan fingerprint density at radius 2 is 2.00 bits per heavy atom. The van der Waals surface area contributed by atoms with Gasteiger partial charge in [-0.25, -0.2) is 0 Å². The van der Waals surface area contributed by atoms with Crippen LogP contribution in [0.1, 0.15) is 43.2 Å². The number of amides is 2. The molecule has 4 rings (SSSR count). The Bertz CT molecular complexity index is 1060. The summed E-state index contributed by atoms with van der Waals surface area (Å²) < 4.78 is 0. The molecule has 9 heteroatoms. The predicted octanol–water partition coefficient (Wildman–Crippen LogP) is 3.03. The van der Waals surface area contributed by atoms with Crippen molar-refractivity contribution in [2.24, 2.45) is 5.92 Å². The summed E-state index contributed by atoms with van der Waals surface area (Å²) in [5.74, 6) is -0.560. The number of carbonyl (C=O) groups is 2. The second-order valence-corrected chi connectivity index (χ2v) is 8.51. The van der Waals surface area contributed by atoms with Crippen molar-refractivity contribution >= 4 is 40.9 Å². The molecule has 1 saturated heterocycles. The Labute approximate surface area is 179 Å². The van der Waals surface area contributed by atoms with Crippen molar-refractivity contribution in [1.82, 2.24) is 9.97 Å². The van der Waals surface area contributed by atoms with Crippen LogP contribution in [-0.4, -0.2) is 34.9 Å². The van der Waals surface area contributed by atoms with Crippen LogP contribution in [0.25, 0.3) is 0 Å². The Balaban J connectivity index is 1.63. The quantitative estimate of drug-likeness (QED) is 0.695. The molecule has 0 aliphatic carbocycles. The van der Waals surface area contributed by atoms with Crippen molar-refractivity contribution in [3.05, 3.63) is 44.7 Å². The molecular formula is C21H24ClN5O3. The Morgan fingerprint density at radius 3 is 2.70 bits per heavy atom. The van der Waals surface area contributed by atoms with E-state index in [1.807, 2.05) is 17.9 Å². The zero-order valence-electron chi connectivity index (χ0n) is 16.9. The summed E-state index contributed by atoms with van der Waals surface area (Å²) in [5.41, 5.74) is 1.15. The van der Waals surface area contributed by atoms with Gasteiger partial charge in [-0.15, -0.1) is 0 Å². The lowest BCUT2D eigenvalue weighted by Gasteiger charge is -2.31. The predicted molar refractivity (Wildman–Crippen MR) is 116 cm³/mol. The first-order valence-electron chi connectivity index (χ1n) is 10.1. The van der Waals surface area contributed by atoms with Crippen molar-refractivity contribution in [2.75, 3.05) is 28.6 Å². The molecular weight excluding hydrogens is 406 g/mol. The number of aromatic nitrogens is 2. The van der Waals surface area contributed by atoms with E-state index < -0.39 is 17.4 Å².